The van der Waals surface area contributed by atoms with Crippen molar-refractivity contribution >= 4 is 40.4 Å². The molecule has 0 spiro atoms. The highest BCUT2D eigenvalue weighted by atomic mass is 35.5. The normalized spacial score (nSPS) is 10.5. The lowest BCUT2D eigenvalue weighted by Crippen LogP contribution is -2.22. The molecule has 1 heterocycles. The number of carbonyl (C=O) groups excluding carboxylic acids is 1. The van der Waals surface area contributed by atoms with Crippen molar-refractivity contribution in [2.45, 2.75) is 25.8 Å². The molecule has 1 N–H and O–H groups in total. The van der Waals surface area contributed by atoms with Crippen LogP contribution in [0, 0.1) is 0 Å². The Labute approximate surface area is 132 Å². The molecule has 1 aromatic carbocycles. The van der Waals surface area contributed by atoms with E-state index in [-0.39, 0.29) is 5.91 Å². The molecule has 2 rings (SSSR count). The van der Waals surface area contributed by atoms with Gasteiger partial charge in [-0.15, -0.1) is 11.3 Å². The van der Waals surface area contributed by atoms with Crippen molar-refractivity contribution in [2.24, 2.45) is 0 Å². The molecular weight excluding hydrogens is 313 g/mol. The van der Waals surface area contributed by atoms with E-state index in [0.29, 0.717) is 23.0 Å². The first-order chi connectivity index (χ1) is 9.65. The van der Waals surface area contributed by atoms with Gasteiger partial charge in [0.15, 0.2) is 0 Å². The molecule has 0 radical (unpaired) electrons. The van der Waals surface area contributed by atoms with Gasteiger partial charge >= 0.3 is 0 Å². The van der Waals surface area contributed by atoms with Crippen LogP contribution in [0.4, 0.5) is 0 Å². The van der Waals surface area contributed by atoms with Gasteiger partial charge in [-0.2, -0.15) is 0 Å². The summed E-state index contributed by atoms with van der Waals surface area (Å²) in [4.78, 5) is 13.1. The van der Waals surface area contributed by atoms with E-state index >= 15 is 0 Å². The molecule has 0 aliphatic heterocycles. The van der Waals surface area contributed by atoms with Gasteiger partial charge in [-0.3, -0.25) is 4.79 Å². The summed E-state index contributed by atoms with van der Waals surface area (Å²) in [5.74, 6) is 0.0487. The highest BCUT2D eigenvalue weighted by Crippen LogP contribution is 2.20. The number of benzene rings is 1. The molecule has 0 fully saturated rings. The predicted molar refractivity (Wildman–Crippen MR) is 85.6 cm³/mol. The maximum Gasteiger partial charge on any atom is 0.220 e. The Morgan fingerprint density at radius 2 is 2.10 bits per heavy atom. The van der Waals surface area contributed by atoms with Gasteiger partial charge in [-0.05, 0) is 42.0 Å². The summed E-state index contributed by atoms with van der Waals surface area (Å²) in [6.07, 6.45) is 2.34. The first kappa shape index (κ1) is 15.4. The summed E-state index contributed by atoms with van der Waals surface area (Å²) in [6, 6.07) is 9.41. The lowest BCUT2D eigenvalue weighted by atomic mass is 10.2. The van der Waals surface area contributed by atoms with Gasteiger partial charge in [-0.25, -0.2) is 0 Å². The van der Waals surface area contributed by atoms with Gasteiger partial charge in [0.05, 0.1) is 0 Å². The second-order valence-electron chi connectivity index (χ2n) is 4.45. The molecule has 0 aliphatic carbocycles. The average Bonchev–Trinajstić information content (AvgIpc) is 2.91. The van der Waals surface area contributed by atoms with Gasteiger partial charge in [-0.1, -0.05) is 35.3 Å². The van der Waals surface area contributed by atoms with E-state index in [4.69, 9.17) is 23.2 Å². The fraction of sp³-hybridized carbons (Fsp3) is 0.267. The molecule has 2 nitrogen and oxygen atoms in total. The molecular formula is C15H15Cl2NOS. The highest BCUT2D eigenvalue weighted by Gasteiger charge is 2.05. The van der Waals surface area contributed by atoms with Crippen molar-refractivity contribution in [2.75, 3.05) is 0 Å². The molecule has 2 aromatic rings. The Bertz CT molecular complexity index is 569. The number of thiophene rings is 1. The van der Waals surface area contributed by atoms with Gasteiger partial charge in [0, 0.05) is 27.9 Å². The fourth-order valence-corrected chi connectivity index (χ4v) is 3.05. The lowest BCUT2D eigenvalue weighted by molar-refractivity contribution is -0.121. The smallest absolute Gasteiger partial charge is 0.220 e. The number of carbonyl (C=O) groups is 1. The number of aryl methyl sites for hydroxylation is 1. The van der Waals surface area contributed by atoms with Gasteiger partial charge in [0.2, 0.25) is 5.91 Å². The molecule has 0 saturated carbocycles. The maximum absolute atomic E-state index is 11.7. The van der Waals surface area contributed by atoms with E-state index in [0.717, 1.165) is 18.4 Å². The molecule has 1 aromatic heterocycles. The molecule has 0 unspecified atom stereocenters. The summed E-state index contributed by atoms with van der Waals surface area (Å²) in [7, 11) is 0. The molecule has 5 heteroatoms. The number of rotatable bonds is 6. The molecule has 0 aliphatic rings. The standard InChI is InChI=1S/C15H15Cl2NOS/c16-12-7-6-11(14(17)9-12)10-18-15(19)5-1-3-13-4-2-8-20-13/h2,4,6-9H,1,3,5,10H2,(H,18,19). The number of halogens is 2. The zero-order valence-corrected chi connectivity index (χ0v) is 13.2. The van der Waals surface area contributed by atoms with Crippen molar-refractivity contribution < 1.29 is 4.79 Å². The topological polar surface area (TPSA) is 29.1 Å². The van der Waals surface area contributed by atoms with Crippen LogP contribution in [0.15, 0.2) is 35.7 Å². The summed E-state index contributed by atoms with van der Waals surface area (Å²) < 4.78 is 0. The second kappa shape index (κ2) is 7.67. The third-order valence-electron chi connectivity index (χ3n) is 2.90. The third kappa shape index (κ3) is 4.82. The van der Waals surface area contributed by atoms with Crippen LogP contribution in [-0.4, -0.2) is 5.91 Å². The number of hydrogen-bond acceptors (Lipinski definition) is 2. The van der Waals surface area contributed by atoms with Crippen LogP contribution >= 0.6 is 34.5 Å². The Kier molecular flexibility index (Phi) is 5.89. The van der Waals surface area contributed by atoms with Crippen LogP contribution < -0.4 is 5.32 Å². The SMILES string of the molecule is O=C(CCCc1cccs1)NCc1ccc(Cl)cc1Cl. The van der Waals surface area contributed by atoms with E-state index in [9.17, 15) is 4.79 Å². The molecule has 1 amide bonds. The molecule has 0 bridgehead atoms. The van der Waals surface area contributed by atoms with Crippen LogP contribution in [0.5, 0.6) is 0 Å². The van der Waals surface area contributed by atoms with Crippen molar-refractivity contribution in [3.63, 3.8) is 0 Å². The monoisotopic (exact) mass is 327 g/mol. The van der Waals surface area contributed by atoms with E-state index in [1.807, 2.05) is 12.1 Å². The van der Waals surface area contributed by atoms with E-state index < -0.39 is 0 Å². The average molecular weight is 328 g/mol. The Morgan fingerprint density at radius 3 is 2.80 bits per heavy atom. The first-order valence-corrected chi connectivity index (χ1v) is 8.02. The van der Waals surface area contributed by atoms with E-state index in [2.05, 4.69) is 16.8 Å². The summed E-state index contributed by atoms with van der Waals surface area (Å²) in [6.45, 7) is 0.438. The second-order valence-corrected chi connectivity index (χ2v) is 6.32. The molecule has 0 atom stereocenters. The van der Waals surface area contributed by atoms with Gasteiger partial charge in [0.1, 0.15) is 0 Å². The number of nitrogens with one attached hydrogen (secondary N) is 1. The Hall–Kier alpha value is -1.03. The van der Waals surface area contributed by atoms with Gasteiger partial charge < -0.3 is 5.32 Å². The summed E-state index contributed by atoms with van der Waals surface area (Å²) in [5, 5.41) is 6.11. The third-order valence-corrected chi connectivity index (χ3v) is 4.42. The lowest BCUT2D eigenvalue weighted by Gasteiger charge is -2.07. The van der Waals surface area contributed by atoms with Crippen molar-refractivity contribution in [1.29, 1.82) is 0 Å². The molecule has 106 valence electrons. The molecule has 0 saturated heterocycles. The predicted octanol–water partition coefficient (Wildman–Crippen LogP) is 4.69. The quantitative estimate of drug-likeness (QED) is 0.818. The number of hydrogen-bond donors (Lipinski definition) is 1. The maximum atomic E-state index is 11.7. The molecule has 20 heavy (non-hydrogen) atoms. The minimum Gasteiger partial charge on any atom is -0.352 e. The summed E-state index contributed by atoms with van der Waals surface area (Å²) >= 11 is 13.6. The number of amides is 1. The van der Waals surface area contributed by atoms with Crippen molar-refractivity contribution in [3.05, 3.63) is 56.2 Å². The van der Waals surface area contributed by atoms with Crippen LogP contribution in [0.2, 0.25) is 10.0 Å². The van der Waals surface area contributed by atoms with Crippen LogP contribution in [0.3, 0.4) is 0 Å². The van der Waals surface area contributed by atoms with Crippen LogP contribution in [0.25, 0.3) is 0 Å². The van der Waals surface area contributed by atoms with Crippen LogP contribution in [-0.2, 0) is 17.8 Å². The van der Waals surface area contributed by atoms with E-state index in [1.165, 1.54) is 4.88 Å². The van der Waals surface area contributed by atoms with Gasteiger partial charge in [0.25, 0.3) is 0 Å². The zero-order chi connectivity index (χ0) is 14.4. The minimum atomic E-state index is 0.0487. The highest BCUT2D eigenvalue weighted by molar-refractivity contribution is 7.09. The van der Waals surface area contributed by atoms with E-state index in [1.54, 1.807) is 23.5 Å². The largest absolute Gasteiger partial charge is 0.352 e. The zero-order valence-electron chi connectivity index (χ0n) is 10.9. The Balaban J connectivity index is 1.72. The fourth-order valence-electron chi connectivity index (χ4n) is 1.83. The van der Waals surface area contributed by atoms with Crippen LogP contribution in [0.1, 0.15) is 23.3 Å². The summed E-state index contributed by atoms with van der Waals surface area (Å²) in [5.41, 5.74) is 0.877. The Morgan fingerprint density at radius 1 is 1.25 bits per heavy atom. The first-order valence-electron chi connectivity index (χ1n) is 6.38. The van der Waals surface area contributed by atoms with Crippen molar-refractivity contribution in [1.82, 2.24) is 5.32 Å². The van der Waals surface area contributed by atoms with Crippen molar-refractivity contribution in [3.8, 4) is 0 Å². The minimum absolute atomic E-state index is 0.0487.